The molecule has 0 atom stereocenters. The molecule has 0 aromatic carbocycles. The van der Waals surface area contributed by atoms with Crippen LogP contribution in [0, 0.1) is 0 Å². The van der Waals surface area contributed by atoms with Gasteiger partial charge >= 0.3 is 5.97 Å². The number of carbonyl (C=O) groups is 2. The number of aromatic nitrogens is 1. The summed E-state index contributed by atoms with van der Waals surface area (Å²) in [4.78, 5) is 26.8. The van der Waals surface area contributed by atoms with Crippen molar-refractivity contribution in [3.05, 3.63) is 28.6 Å². The maximum atomic E-state index is 11.5. The second kappa shape index (κ2) is 3.92. The number of amides is 1. The van der Waals surface area contributed by atoms with Crippen molar-refractivity contribution < 1.29 is 14.3 Å². The Labute approximate surface area is 92.6 Å². The molecule has 1 heterocycles. The van der Waals surface area contributed by atoms with Crippen molar-refractivity contribution in [2.75, 3.05) is 7.11 Å². The summed E-state index contributed by atoms with van der Waals surface area (Å²) in [5.41, 5.74) is 7.38. The molecule has 5 nitrogen and oxygen atoms in total. The van der Waals surface area contributed by atoms with Crippen LogP contribution < -0.4 is 5.73 Å². The number of carbonyl (C=O) groups excluding carboxylic acids is 2. The molecule has 2 N–H and O–H groups in total. The quantitative estimate of drug-likeness (QED) is 0.734. The van der Waals surface area contributed by atoms with Crippen LogP contribution in [0.25, 0.3) is 0 Å². The molecular weight excluding hydrogens is 208 g/mol. The molecule has 0 unspecified atom stereocenters. The van der Waals surface area contributed by atoms with Crippen LogP contribution in [0.5, 0.6) is 0 Å². The Morgan fingerprint density at radius 3 is 2.81 bits per heavy atom. The number of aryl methyl sites for hydroxylation is 1. The fraction of sp³-hybridized carbons (Fsp3) is 0.364. The summed E-state index contributed by atoms with van der Waals surface area (Å²) >= 11 is 0. The maximum Gasteiger partial charge on any atom is 0.338 e. The summed E-state index contributed by atoms with van der Waals surface area (Å²) in [7, 11) is 1.31. The van der Waals surface area contributed by atoms with Gasteiger partial charge in [-0.05, 0) is 30.9 Å². The number of hydrogen-bond acceptors (Lipinski definition) is 4. The highest BCUT2D eigenvalue weighted by atomic mass is 16.5. The van der Waals surface area contributed by atoms with Crippen LogP contribution in [0.3, 0.4) is 0 Å². The van der Waals surface area contributed by atoms with E-state index < -0.39 is 11.9 Å². The number of fused-ring (bicyclic) bond motifs is 1. The number of rotatable bonds is 2. The van der Waals surface area contributed by atoms with E-state index in [-0.39, 0.29) is 5.69 Å². The predicted molar refractivity (Wildman–Crippen MR) is 56.1 cm³/mol. The average Bonchev–Trinajstić information content (AvgIpc) is 2.74. The Hall–Kier alpha value is -1.91. The molecule has 84 valence electrons. The van der Waals surface area contributed by atoms with E-state index >= 15 is 0 Å². The molecular formula is C11H12N2O3. The van der Waals surface area contributed by atoms with Crippen molar-refractivity contribution in [3.63, 3.8) is 0 Å². The zero-order valence-electron chi connectivity index (χ0n) is 8.95. The Morgan fingerprint density at radius 1 is 1.44 bits per heavy atom. The van der Waals surface area contributed by atoms with Gasteiger partial charge in [0.2, 0.25) is 0 Å². The van der Waals surface area contributed by atoms with E-state index in [9.17, 15) is 9.59 Å². The standard InChI is InChI=1S/C11H12N2O3/c1-16-11(15)7-5-9(10(12)14)13-8-4-2-3-6(7)8/h5H,2-4H2,1H3,(H2,12,14). The Morgan fingerprint density at radius 2 is 2.19 bits per heavy atom. The van der Waals surface area contributed by atoms with Gasteiger partial charge in [0, 0.05) is 5.69 Å². The summed E-state index contributed by atoms with van der Waals surface area (Å²) in [5.74, 6) is -1.07. The van der Waals surface area contributed by atoms with E-state index in [0.717, 1.165) is 30.5 Å². The largest absolute Gasteiger partial charge is 0.465 e. The summed E-state index contributed by atoms with van der Waals surface area (Å²) in [6, 6.07) is 1.42. The number of pyridine rings is 1. The molecule has 1 amide bonds. The fourth-order valence-corrected chi connectivity index (χ4v) is 1.96. The molecule has 0 saturated heterocycles. The van der Waals surface area contributed by atoms with E-state index in [4.69, 9.17) is 5.73 Å². The minimum Gasteiger partial charge on any atom is -0.465 e. The van der Waals surface area contributed by atoms with Crippen molar-refractivity contribution in [2.45, 2.75) is 19.3 Å². The van der Waals surface area contributed by atoms with Crippen molar-refractivity contribution >= 4 is 11.9 Å². The van der Waals surface area contributed by atoms with Crippen LogP contribution in [0.15, 0.2) is 6.07 Å². The van der Waals surface area contributed by atoms with E-state index in [1.54, 1.807) is 0 Å². The van der Waals surface area contributed by atoms with Gasteiger partial charge in [-0.25, -0.2) is 9.78 Å². The smallest absolute Gasteiger partial charge is 0.338 e. The molecule has 16 heavy (non-hydrogen) atoms. The Bertz CT molecular complexity index is 469. The molecule has 1 aliphatic rings. The lowest BCUT2D eigenvalue weighted by molar-refractivity contribution is 0.0599. The van der Waals surface area contributed by atoms with Gasteiger partial charge in [-0.1, -0.05) is 0 Å². The normalized spacial score (nSPS) is 13.3. The summed E-state index contributed by atoms with van der Waals surface area (Å²) in [5, 5.41) is 0. The molecule has 1 aromatic heterocycles. The third-order valence-corrected chi connectivity index (χ3v) is 2.71. The first kappa shape index (κ1) is 10.6. The van der Waals surface area contributed by atoms with Gasteiger partial charge < -0.3 is 10.5 Å². The zero-order chi connectivity index (χ0) is 11.7. The number of primary amides is 1. The molecule has 2 rings (SSSR count). The van der Waals surface area contributed by atoms with E-state index in [1.807, 2.05) is 0 Å². The monoisotopic (exact) mass is 220 g/mol. The summed E-state index contributed by atoms with van der Waals surface area (Å²) in [6.45, 7) is 0. The van der Waals surface area contributed by atoms with Crippen LogP contribution >= 0.6 is 0 Å². The maximum absolute atomic E-state index is 11.5. The van der Waals surface area contributed by atoms with Crippen molar-refractivity contribution in [1.29, 1.82) is 0 Å². The first-order valence-corrected chi connectivity index (χ1v) is 5.04. The van der Waals surface area contributed by atoms with Crippen LogP contribution in [0.2, 0.25) is 0 Å². The number of nitrogens with two attached hydrogens (primary N) is 1. The molecule has 1 aromatic rings. The lowest BCUT2D eigenvalue weighted by atomic mass is 10.1. The van der Waals surface area contributed by atoms with E-state index in [1.165, 1.54) is 13.2 Å². The van der Waals surface area contributed by atoms with Gasteiger partial charge in [0.25, 0.3) is 5.91 Å². The third-order valence-electron chi connectivity index (χ3n) is 2.71. The van der Waals surface area contributed by atoms with E-state index in [2.05, 4.69) is 9.72 Å². The molecule has 0 spiro atoms. The minimum absolute atomic E-state index is 0.126. The highest BCUT2D eigenvalue weighted by Gasteiger charge is 2.23. The van der Waals surface area contributed by atoms with Gasteiger partial charge in [0.15, 0.2) is 0 Å². The SMILES string of the molecule is COC(=O)c1cc(C(N)=O)nc2c1CCC2. The van der Waals surface area contributed by atoms with Crippen LogP contribution in [-0.2, 0) is 17.6 Å². The molecule has 0 aliphatic heterocycles. The van der Waals surface area contributed by atoms with Crippen LogP contribution in [0.4, 0.5) is 0 Å². The minimum atomic E-state index is -0.625. The second-order valence-corrected chi connectivity index (χ2v) is 3.69. The summed E-state index contributed by atoms with van der Waals surface area (Å²) < 4.78 is 4.68. The van der Waals surface area contributed by atoms with Crippen molar-refractivity contribution in [3.8, 4) is 0 Å². The Balaban J connectivity index is 2.58. The molecule has 5 heteroatoms. The van der Waals surface area contributed by atoms with Crippen molar-refractivity contribution in [2.24, 2.45) is 5.73 Å². The third kappa shape index (κ3) is 1.64. The first-order chi connectivity index (χ1) is 7.63. The number of methoxy groups -OCH3 is 1. The fourth-order valence-electron chi connectivity index (χ4n) is 1.96. The van der Waals surface area contributed by atoms with Gasteiger partial charge in [0.1, 0.15) is 5.69 Å². The predicted octanol–water partition coefficient (Wildman–Crippen LogP) is 0.456. The van der Waals surface area contributed by atoms with Gasteiger partial charge in [-0.2, -0.15) is 0 Å². The highest BCUT2D eigenvalue weighted by Crippen LogP contribution is 2.25. The number of ether oxygens (including phenoxy) is 1. The van der Waals surface area contributed by atoms with Gasteiger partial charge in [0.05, 0.1) is 12.7 Å². The number of esters is 1. The second-order valence-electron chi connectivity index (χ2n) is 3.69. The zero-order valence-corrected chi connectivity index (χ0v) is 8.95. The summed E-state index contributed by atoms with van der Waals surface area (Å²) in [6.07, 6.45) is 2.51. The first-order valence-electron chi connectivity index (χ1n) is 5.04. The van der Waals surface area contributed by atoms with E-state index in [0.29, 0.717) is 5.56 Å². The molecule has 1 aliphatic carbocycles. The van der Waals surface area contributed by atoms with Crippen LogP contribution in [-0.4, -0.2) is 24.0 Å². The average molecular weight is 220 g/mol. The Kier molecular flexibility index (Phi) is 2.60. The number of nitrogens with zero attached hydrogens (tertiary/aromatic N) is 1. The van der Waals surface area contributed by atoms with Crippen molar-refractivity contribution in [1.82, 2.24) is 4.98 Å². The lowest BCUT2D eigenvalue weighted by Crippen LogP contribution is -2.17. The number of hydrogen-bond donors (Lipinski definition) is 1. The topological polar surface area (TPSA) is 82.3 Å². The van der Waals surface area contributed by atoms with Gasteiger partial charge in [-0.3, -0.25) is 4.79 Å². The van der Waals surface area contributed by atoms with Crippen LogP contribution in [0.1, 0.15) is 38.5 Å². The molecule has 0 bridgehead atoms. The molecule has 0 radical (unpaired) electrons. The molecule has 0 saturated carbocycles. The lowest BCUT2D eigenvalue weighted by Gasteiger charge is -2.07. The highest BCUT2D eigenvalue weighted by molar-refractivity contribution is 5.97. The molecule has 0 fully saturated rings. The van der Waals surface area contributed by atoms with Gasteiger partial charge in [-0.15, -0.1) is 0 Å².